The van der Waals surface area contributed by atoms with Crippen LogP contribution in [0.2, 0.25) is 0 Å². The largest absolute Gasteiger partial charge is 0.379 e. The van der Waals surface area contributed by atoms with Crippen LogP contribution in [0.25, 0.3) is 0 Å². The monoisotopic (exact) mass is 356 g/mol. The quantitative estimate of drug-likeness (QED) is 0.810. The summed E-state index contributed by atoms with van der Waals surface area (Å²) in [5.41, 5.74) is 2.87. The lowest BCUT2D eigenvalue weighted by molar-refractivity contribution is 0.583. The molecule has 0 aliphatic heterocycles. The Kier molecular flexibility index (Phi) is 4.49. The lowest BCUT2D eigenvalue weighted by atomic mass is 9.98. The molecule has 0 spiro atoms. The van der Waals surface area contributed by atoms with Crippen LogP contribution < -0.4 is 5.32 Å². The summed E-state index contributed by atoms with van der Waals surface area (Å²) in [6.07, 6.45) is 0. The Labute approximate surface area is 131 Å². The van der Waals surface area contributed by atoms with Crippen molar-refractivity contribution in [2.45, 2.75) is 39.7 Å². The van der Waals surface area contributed by atoms with Crippen LogP contribution in [0.3, 0.4) is 0 Å². The van der Waals surface area contributed by atoms with Crippen molar-refractivity contribution >= 4 is 33.0 Å². The summed E-state index contributed by atoms with van der Waals surface area (Å²) in [5, 5.41) is 6.42. The Bertz CT molecular complexity index is 617. The maximum Gasteiger partial charge on any atom is 0.139 e. The number of hydrogen-bond acceptors (Lipinski definition) is 3. The number of aromatic nitrogens is 1. The number of anilines is 1. The van der Waals surface area contributed by atoms with Crippen LogP contribution in [-0.2, 0) is 12.0 Å². The van der Waals surface area contributed by atoms with Gasteiger partial charge in [-0.05, 0) is 40.5 Å². The molecule has 0 radical (unpaired) electrons. The van der Waals surface area contributed by atoms with Crippen molar-refractivity contribution in [3.63, 3.8) is 0 Å². The fourth-order valence-electron chi connectivity index (χ4n) is 1.76. The van der Waals surface area contributed by atoms with Gasteiger partial charge in [-0.1, -0.05) is 20.8 Å². The zero-order valence-corrected chi connectivity index (χ0v) is 14.5. The number of thiazole rings is 1. The molecule has 108 valence electrons. The van der Waals surface area contributed by atoms with Crippen molar-refractivity contribution in [3.05, 3.63) is 44.1 Å². The highest BCUT2D eigenvalue weighted by Gasteiger charge is 2.17. The van der Waals surface area contributed by atoms with Gasteiger partial charge < -0.3 is 5.32 Å². The molecular weight excluding hydrogens is 339 g/mol. The number of aryl methyl sites for hydroxylation is 1. The van der Waals surface area contributed by atoms with Gasteiger partial charge in [-0.15, -0.1) is 11.3 Å². The van der Waals surface area contributed by atoms with Gasteiger partial charge in [0.15, 0.2) is 0 Å². The summed E-state index contributed by atoms with van der Waals surface area (Å²) in [6, 6.07) is 3.29. The fourth-order valence-corrected chi connectivity index (χ4v) is 3.12. The molecular formula is C15H18BrFN2S. The smallest absolute Gasteiger partial charge is 0.139 e. The van der Waals surface area contributed by atoms with Crippen LogP contribution in [0.4, 0.5) is 10.1 Å². The van der Waals surface area contributed by atoms with Crippen molar-refractivity contribution in [1.29, 1.82) is 0 Å². The third-order valence-electron chi connectivity index (χ3n) is 2.92. The summed E-state index contributed by atoms with van der Waals surface area (Å²) < 4.78 is 14.0. The molecule has 0 saturated heterocycles. The molecule has 0 atom stereocenters. The highest BCUT2D eigenvalue weighted by atomic mass is 79.9. The topological polar surface area (TPSA) is 24.9 Å². The SMILES string of the molecule is Cc1cc(Br)c(F)cc1NCc1csc(C(C)(C)C)n1. The average molecular weight is 357 g/mol. The predicted octanol–water partition coefficient (Wildman–Crippen LogP) is 5.26. The van der Waals surface area contributed by atoms with Crippen molar-refractivity contribution < 1.29 is 4.39 Å². The summed E-state index contributed by atoms with van der Waals surface area (Å²) in [7, 11) is 0. The van der Waals surface area contributed by atoms with Gasteiger partial charge in [0.25, 0.3) is 0 Å². The van der Waals surface area contributed by atoms with Gasteiger partial charge in [0, 0.05) is 16.5 Å². The lowest BCUT2D eigenvalue weighted by Crippen LogP contribution is -2.11. The molecule has 5 heteroatoms. The van der Waals surface area contributed by atoms with E-state index in [1.165, 1.54) is 6.07 Å². The van der Waals surface area contributed by atoms with Gasteiger partial charge in [-0.25, -0.2) is 9.37 Å². The second kappa shape index (κ2) is 5.82. The van der Waals surface area contributed by atoms with Crippen molar-refractivity contribution in [3.8, 4) is 0 Å². The molecule has 2 rings (SSSR count). The van der Waals surface area contributed by atoms with E-state index in [2.05, 4.69) is 52.4 Å². The summed E-state index contributed by atoms with van der Waals surface area (Å²) in [4.78, 5) is 4.62. The van der Waals surface area contributed by atoms with Gasteiger partial charge in [-0.3, -0.25) is 0 Å². The first-order valence-electron chi connectivity index (χ1n) is 6.42. The van der Waals surface area contributed by atoms with E-state index in [0.717, 1.165) is 22.0 Å². The minimum absolute atomic E-state index is 0.0720. The van der Waals surface area contributed by atoms with Crippen LogP contribution in [-0.4, -0.2) is 4.98 Å². The van der Waals surface area contributed by atoms with Crippen LogP contribution in [0, 0.1) is 12.7 Å². The number of benzene rings is 1. The zero-order valence-electron chi connectivity index (χ0n) is 12.1. The minimum atomic E-state index is -0.258. The van der Waals surface area contributed by atoms with Gasteiger partial charge in [-0.2, -0.15) is 0 Å². The number of rotatable bonds is 3. The van der Waals surface area contributed by atoms with Crippen LogP contribution in [0.15, 0.2) is 22.0 Å². The first kappa shape index (κ1) is 15.4. The van der Waals surface area contributed by atoms with E-state index < -0.39 is 0 Å². The molecule has 0 aliphatic carbocycles. The van der Waals surface area contributed by atoms with E-state index in [0.29, 0.717) is 11.0 Å². The lowest BCUT2D eigenvalue weighted by Gasteiger charge is -2.13. The Hall–Kier alpha value is -0.940. The highest BCUT2D eigenvalue weighted by Crippen LogP contribution is 2.27. The molecule has 2 aromatic rings. The predicted molar refractivity (Wildman–Crippen MR) is 87.0 cm³/mol. The minimum Gasteiger partial charge on any atom is -0.379 e. The second-order valence-corrected chi connectivity index (χ2v) is 7.54. The Morgan fingerprint density at radius 2 is 2.05 bits per heavy atom. The van der Waals surface area contributed by atoms with Gasteiger partial charge in [0.2, 0.25) is 0 Å². The highest BCUT2D eigenvalue weighted by molar-refractivity contribution is 9.10. The molecule has 0 unspecified atom stereocenters. The first-order valence-corrected chi connectivity index (χ1v) is 8.09. The van der Waals surface area contributed by atoms with Crippen molar-refractivity contribution in [1.82, 2.24) is 4.98 Å². The number of halogens is 2. The standard InChI is InChI=1S/C15H18BrFN2S/c1-9-5-11(16)12(17)6-13(9)18-7-10-8-20-14(19-10)15(2,3)4/h5-6,8,18H,7H2,1-4H3. The normalized spacial score (nSPS) is 11.7. The van der Waals surface area contributed by atoms with Crippen LogP contribution in [0.1, 0.15) is 37.0 Å². The Balaban J connectivity index is 2.09. The van der Waals surface area contributed by atoms with Crippen LogP contribution in [0.5, 0.6) is 0 Å². The zero-order chi connectivity index (χ0) is 14.9. The van der Waals surface area contributed by atoms with E-state index in [9.17, 15) is 4.39 Å². The molecule has 0 fully saturated rings. The molecule has 1 heterocycles. The molecule has 20 heavy (non-hydrogen) atoms. The molecule has 1 aromatic carbocycles. The van der Waals surface area contributed by atoms with Crippen LogP contribution >= 0.6 is 27.3 Å². The van der Waals surface area contributed by atoms with Gasteiger partial charge in [0.05, 0.1) is 21.7 Å². The van der Waals surface area contributed by atoms with E-state index in [1.807, 2.05) is 6.92 Å². The third kappa shape index (κ3) is 3.58. The maximum absolute atomic E-state index is 13.5. The number of nitrogens with one attached hydrogen (secondary N) is 1. The summed E-state index contributed by atoms with van der Waals surface area (Å²) >= 11 is 4.86. The van der Waals surface area contributed by atoms with E-state index >= 15 is 0 Å². The van der Waals surface area contributed by atoms with Crippen molar-refractivity contribution in [2.75, 3.05) is 5.32 Å². The molecule has 2 nitrogen and oxygen atoms in total. The van der Waals surface area contributed by atoms with Gasteiger partial charge in [0.1, 0.15) is 5.82 Å². The van der Waals surface area contributed by atoms with Crippen molar-refractivity contribution in [2.24, 2.45) is 0 Å². The van der Waals surface area contributed by atoms with E-state index in [-0.39, 0.29) is 11.2 Å². The maximum atomic E-state index is 13.5. The fraction of sp³-hybridized carbons (Fsp3) is 0.400. The molecule has 0 bridgehead atoms. The third-order valence-corrected chi connectivity index (χ3v) is 4.85. The summed E-state index contributed by atoms with van der Waals surface area (Å²) in [6.45, 7) is 9.01. The molecule has 1 N–H and O–H groups in total. The Morgan fingerprint density at radius 1 is 1.35 bits per heavy atom. The molecule has 1 aromatic heterocycles. The first-order chi connectivity index (χ1) is 9.27. The molecule has 0 aliphatic rings. The second-order valence-electron chi connectivity index (χ2n) is 5.83. The van der Waals surface area contributed by atoms with Gasteiger partial charge >= 0.3 is 0 Å². The van der Waals surface area contributed by atoms with E-state index in [4.69, 9.17) is 0 Å². The molecule has 0 saturated carbocycles. The average Bonchev–Trinajstić information content (AvgIpc) is 2.80. The van der Waals surface area contributed by atoms with E-state index in [1.54, 1.807) is 17.4 Å². The summed E-state index contributed by atoms with van der Waals surface area (Å²) in [5.74, 6) is -0.258. The number of nitrogens with zero attached hydrogens (tertiary/aromatic N) is 1. The Morgan fingerprint density at radius 3 is 2.65 bits per heavy atom. The number of hydrogen-bond donors (Lipinski definition) is 1. The molecule has 0 amide bonds.